The zero-order chi connectivity index (χ0) is 13.8. The molecule has 1 rings (SSSR count). The van der Waals surface area contributed by atoms with E-state index in [-0.39, 0.29) is 12.8 Å². The van der Waals surface area contributed by atoms with Crippen molar-refractivity contribution in [3.63, 3.8) is 0 Å². The lowest BCUT2D eigenvalue weighted by molar-refractivity contribution is -0.119. The summed E-state index contributed by atoms with van der Waals surface area (Å²) < 4.78 is 5.08. The minimum Gasteiger partial charge on any atom is -0.379 e. The number of nitriles is 4. The van der Waals surface area contributed by atoms with E-state index in [1.807, 2.05) is 0 Å². The van der Waals surface area contributed by atoms with Gasteiger partial charge in [-0.15, -0.1) is 0 Å². The summed E-state index contributed by atoms with van der Waals surface area (Å²) in [5.41, 5.74) is -3.94. The highest BCUT2D eigenvalue weighted by Crippen LogP contribution is 2.53. The van der Waals surface area contributed by atoms with Gasteiger partial charge in [0.15, 0.2) is 5.41 Å². The van der Waals surface area contributed by atoms with E-state index < -0.39 is 22.9 Å². The number of hydrogen-bond donors (Lipinski definition) is 0. The molecular formula is C12H10N4O2. The van der Waals surface area contributed by atoms with Gasteiger partial charge in [-0.3, -0.25) is 0 Å². The fourth-order valence-corrected chi connectivity index (χ4v) is 2.49. The maximum atomic E-state index is 11.0. The maximum absolute atomic E-state index is 11.0. The molecule has 0 bridgehead atoms. The van der Waals surface area contributed by atoms with E-state index in [1.165, 1.54) is 7.11 Å². The Bertz CT molecular complexity index is 486. The molecule has 6 heteroatoms. The van der Waals surface area contributed by atoms with Gasteiger partial charge in [0.25, 0.3) is 0 Å². The van der Waals surface area contributed by atoms with Crippen molar-refractivity contribution in [2.24, 2.45) is 16.7 Å². The summed E-state index contributed by atoms with van der Waals surface area (Å²) in [4.78, 5) is 11.0. The molecule has 0 saturated heterocycles. The van der Waals surface area contributed by atoms with Gasteiger partial charge in [-0.1, -0.05) is 0 Å². The lowest BCUT2D eigenvalue weighted by Crippen LogP contribution is -2.55. The lowest BCUT2D eigenvalue weighted by atomic mass is 9.52. The van der Waals surface area contributed by atoms with Crippen LogP contribution in [0, 0.1) is 62.1 Å². The molecule has 2 atom stereocenters. The molecule has 0 heterocycles. The van der Waals surface area contributed by atoms with Gasteiger partial charge >= 0.3 is 0 Å². The molecule has 0 aromatic rings. The summed E-state index contributed by atoms with van der Waals surface area (Å²) in [6, 6.07) is 6.89. The van der Waals surface area contributed by atoms with Gasteiger partial charge in [0, 0.05) is 13.0 Å². The second kappa shape index (κ2) is 4.84. The van der Waals surface area contributed by atoms with Crippen molar-refractivity contribution in [2.45, 2.75) is 18.9 Å². The van der Waals surface area contributed by atoms with Gasteiger partial charge in [0.2, 0.25) is 5.41 Å². The van der Waals surface area contributed by atoms with Gasteiger partial charge in [-0.25, -0.2) is 0 Å². The number of rotatable bonds is 2. The SMILES string of the molecule is COC1CCC(C=O)C(C#N)(C#N)C1(C#N)C#N. The highest BCUT2D eigenvalue weighted by molar-refractivity contribution is 5.61. The minimum atomic E-state index is -1.99. The third-order valence-electron chi connectivity index (χ3n) is 3.56. The van der Waals surface area contributed by atoms with Gasteiger partial charge in [0.05, 0.1) is 30.4 Å². The zero-order valence-electron chi connectivity index (χ0n) is 9.75. The van der Waals surface area contributed by atoms with E-state index in [4.69, 9.17) is 4.74 Å². The van der Waals surface area contributed by atoms with Crippen LogP contribution in [0.15, 0.2) is 0 Å². The predicted molar refractivity (Wildman–Crippen MR) is 56.9 cm³/mol. The number of ether oxygens (including phenoxy) is 1. The van der Waals surface area contributed by atoms with Crippen molar-refractivity contribution in [3.8, 4) is 24.3 Å². The Morgan fingerprint density at radius 2 is 1.56 bits per heavy atom. The van der Waals surface area contributed by atoms with Crippen LogP contribution in [-0.2, 0) is 9.53 Å². The molecule has 0 aromatic carbocycles. The minimum absolute atomic E-state index is 0.244. The molecule has 6 nitrogen and oxygen atoms in total. The first-order valence-electron chi connectivity index (χ1n) is 5.25. The van der Waals surface area contributed by atoms with Crippen molar-refractivity contribution >= 4 is 6.29 Å². The molecule has 0 radical (unpaired) electrons. The molecule has 1 fully saturated rings. The molecule has 0 spiro atoms. The summed E-state index contributed by atoms with van der Waals surface area (Å²) in [6.07, 6.45) is 0.144. The summed E-state index contributed by atoms with van der Waals surface area (Å²) in [5, 5.41) is 37.1. The van der Waals surface area contributed by atoms with Crippen molar-refractivity contribution in [1.29, 1.82) is 21.0 Å². The van der Waals surface area contributed by atoms with Crippen LogP contribution >= 0.6 is 0 Å². The second-order valence-electron chi connectivity index (χ2n) is 4.11. The molecule has 1 aliphatic rings. The van der Waals surface area contributed by atoms with Crippen LogP contribution in [0.3, 0.4) is 0 Å². The molecule has 0 aliphatic heterocycles. The molecule has 1 saturated carbocycles. The highest BCUT2D eigenvalue weighted by atomic mass is 16.5. The van der Waals surface area contributed by atoms with E-state index in [2.05, 4.69) is 0 Å². The molecule has 0 N–H and O–H groups in total. The molecule has 1 aliphatic carbocycles. The Morgan fingerprint density at radius 1 is 1.06 bits per heavy atom. The number of nitrogens with zero attached hydrogens (tertiary/aromatic N) is 4. The van der Waals surface area contributed by atoms with Crippen molar-refractivity contribution in [3.05, 3.63) is 0 Å². The Labute approximate surface area is 105 Å². The normalized spacial score (nSPS) is 27.8. The topological polar surface area (TPSA) is 121 Å². The first-order valence-corrected chi connectivity index (χ1v) is 5.25. The molecule has 0 aromatic heterocycles. The first kappa shape index (κ1) is 13.7. The predicted octanol–water partition coefficient (Wildman–Crippen LogP) is 0.677. The summed E-state index contributed by atoms with van der Waals surface area (Å²) in [7, 11) is 1.31. The Kier molecular flexibility index (Phi) is 3.67. The van der Waals surface area contributed by atoms with Gasteiger partial charge < -0.3 is 9.53 Å². The van der Waals surface area contributed by atoms with E-state index in [0.29, 0.717) is 6.29 Å². The number of methoxy groups -OCH3 is 1. The fourth-order valence-electron chi connectivity index (χ4n) is 2.49. The summed E-state index contributed by atoms with van der Waals surface area (Å²) in [5.74, 6) is -0.960. The lowest BCUT2D eigenvalue weighted by Gasteiger charge is -2.43. The van der Waals surface area contributed by atoms with E-state index >= 15 is 0 Å². The number of carbonyl (C=O) groups is 1. The third kappa shape index (κ3) is 1.37. The van der Waals surface area contributed by atoms with Crippen LogP contribution in [0.4, 0.5) is 0 Å². The molecule has 90 valence electrons. The average Bonchev–Trinajstić information content (AvgIpc) is 2.44. The third-order valence-corrected chi connectivity index (χ3v) is 3.56. The zero-order valence-corrected chi connectivity index (χ0v) is 9.75. The number of aldehydes is 1. The maximum Gasteiger partial charge on any atom is 0.201 e. The fraction of sp³-hybridized carbons (Fsp3) is 0.583. The van der Waals surface area contributed by atoms with E-state index in [0.717, 1.165) is 0 Å². The first-order chi connectivity index (χ1) is 8.62. The second-order valence-corrected chi connectivity index (χ2v) is 4.11. The molecular weight excluding hydrogens is 232 g/mol. The van der Waals surface area contributed by atoms with E-state index in [1.54, 1.807) is 24.3 Å². The Hall–Kier alpha value is -2.41. The van der Waals surface area contributed by atoms with Crippen molar-refractivity contribution < 1.29 is 9.53 Å². The number of carbonyl (C=O) groups excluding carboxylic acids is 1. The highest BCUT2D eigenvalue weighted by Gasteiger charge is 2.65. The molecule has 18 heavy (non-hydrogen) atoms. The summed E-state index contributed by atoms with van der Waals surface area (Å²) in [6.45, 7) is 0. The van der Waals surface area contributed by atoms with Crippen LogP contribution in [-0.4, -0.2) is 19.5 Å². The van der Waals surface area contributed by atoms with Crippen LogP contribution in [0.25, 0.3) is 0 Å². The quantitative estimate of drug-likeness (QED) is 0.656. The van der Waals surface area contributed by atoms with Crippen LogP contribution in [0.2, 0.25) is 0 Å². The van der Waals surface area contributed by atoms with Crippen LogP contribution in [0.1, 0.15) is 12.8 Å². The smallest absolute Gasteiger partial charge is 0.201 e. The van der Waals surface area contributed by atoms with Gasteiger partial charge in [-0.05, 0) is 12.8 Å². The van der Waals surface area contributed by atoms with E-state index in [9.17, 15) is 25.8 Å². The van der Waals surface area contributed by atoms with Crippen molar-refractivity contribution in [2.75, 3.05) is 7.11 Å². The van der Waals surface area contributed by atoms with Gasteiger partial charge in [0.1, 0.15) is 6.29 Å². The standard InChI is InChI=1S/C12H10N4O2/c1-18-10-3-2-9(4-17)11(5-13,6-14)12(10,7-15)8-16/h4,9-10H,2-3H2,1H3. The monoisotopic (exact) mass is 242 g/mol. The summed E-state index contributed by atoms with van der Waals surface area (Å²) >= 11 is 0. The number of hydrogen-bond acceptors (Lipinski definition) is 6. The average molecular weight is 242 g/mol. The molecule has 0 amide bonds. The largest absolute Gasteiger partial charge is 0.379 e. The van der Waals surface area contributed by atoms with Crippen LogP contribution < -0.4 is 0 Å². The Balaban J connectivity index is 3.59. The van der Waals surface area contributed by atoms with Gasteiger partial charge in [-0.2, -0.15) is 21.0 Å². The Morgan fingerprint density at radius 3 is 1.89 bits per heavy atom. The molecule has 2 unspecified atom stereocenters. The van der Waals surface area contributed by atoms with Crippen molar-refractivity contribution in [1.82, 2.24) is 0 Å². The van der Waals surface area contributed by atoms with Crippen LogP contribution in [0.5, 0.6) is 0 Å².